The lowest BCUT2D eigenvalue weighted by Gasteiger charge is -2.10. The Morgan fingerprint density at radius 1 is 0.724 bits per heavy atom. The van der Waals surface area contributed by atoms with E-state index in [0.29, 0.717) is 28.8 Å². The molecule has 4 rings (SSSR count). The first-order chi connectivity index (χ1) is 14.0. The summed E-state index contributed by atoms with van der Waals surface area (Å²) in [6.45, 7) is 0.331. The molecule has 9 nitrogen and oxygen atoms in total. The van der Waals surface area contributed by atoms with Gasteiger partial charge in [-0.2, -0.15) is 0 Å². The summed E-state index contributed by atoms with van der Waals surface area (Å²) < 4.78 is 4.35. The third-order valence-electron chi connectivity index (χ3n) is 3.88. The summed E-state index contributed by atoms with van der Waals surface area (Å²) in [5.74, 6) is -1.74. The number of nitrogens with zero attached hydrogens (tertiary/aromatic N) is 1. The number of β-amino-alcohol motifs (C(OH)–C–C–N with tert-alkyl or cyclic N) is 1. The Labute approximate surface area is 166 Å². The number of rotatable bonds is 3. The molecule has 0 saturated heterocycles. The molecule has 29 heavy (non-hydrogen) atoms. The van der Waals surface area contributed by atoms with E-state index >= 15 is 0 Å². The Morgan fingerprint density at radius 3 is 1.45 bits per heavy atom. The molecular weight excluding hydrogens is 380 g/mol. The van der Waals surface area contributed by atoms with Gasteiger partial charge in [0.1, 0.15) is 0 Å². The zero-order valence-corrected chi connectivity index (χ0v) is 15.4. The first-order valence-electron chi connectivity index (χ1n) is 8.68. The SMILES string of the molecule is NCCO.O=C1OC(=O)c2ccccc21.O=C1c2ccccc2C(=O)N1CCO. The molecule has 0 aliphatic carbocycles. The second-order valence-electron chi connectivity index (χ2n) is 5.77. The Balaban J connectivity index is 0.000000179. The number of nitrogens with two attached hydrogens (primary N) is 1. The van der Waals surface area contributed by atoms with E-state index in [4.69, 9.17) is 15.9 Å². The summed E-state index contributed by atoms with van der Waals surface area (Å²) in [6.07, 6.45) is 0. The topological polar surface area (TPSA) is 147 Å². The molecule has 2 aliphatic heterocycles. The van der Waals surface area contributed by atoms with Crippen molar-refractivity contribution in [3.63, 3.8) is 0 Å². The summed E-state index contributed by atoms with van der Waals surface area (Å²) in [4.78, 5) is 45.9. The van der Waals surface area contributed by atoms with Crippen molar-refractivity contribution < 1.29 is 34.1 Å². The molecule has 2 amide bonds. The quantitative estimate of drug-likeness (QED) is 0.376. The summed E-state index contributed by atoms with van der Waals surface area (Å²) in [6, 6.07) is 13.2. The molecule has 0 atom stereocenters. The minimum Gasteiger partial charge on any atom is -0.395 e. The van der Waals surface area contributed by atoms with Crippen molar-refractivity contribution >= 4 is 23.8 Å². The Bertz CT molecular complexity index is 857. The van der Waals surface area contributed by atoms with Crippen molar-refractivity contribution in [2.45, 2.75) is 0 Å². The molecule has 0 radical (unpaired) electrons. The molecule has 0 saturated carbocycles. The maximum Gasteiger partial charge on any atom is 0.346 e. The van der Waals surface area contributed by atoms with Crippen LogP contribution >= 0.6 is 0 Å². The predicted molar refractivity (Wildman–Crippen MR) is 101 cm³/mol. The van der Waals surface area contributed by atoms with Gasteiger partial charge in [-0.05, 0) is 24.3 Å². The van der Waals surface area contributed by atoms with Crippen molar-refractivity contribution in [2.24, 2.45) is 5.73 Å². The molecule has 2 heterocycles. The van der Waals surface area contributed by atoms with Gasteiger partial charge in [-0.15, -0.1) is 0 Å². The van der Waals surface area contributed by atoms with Crippen LogP contribution in [0.1, 0.15) is 41.4 Å². The van der Waals surface area contributed by atoms with E-state index in [9.17, 15) is 19.2 Å². The van der Waals surface area contributed by atoms with Crippen molar-refractivity contribution in [1.29, 1.82) is 0 Å². The molecule has 152 valence electrons. The summed E-state index contributed by atoms with van der Waals surface area (Å²) >= 11 is 0. The van der Waals surface area contributed by atoms with Gasteiger partial charge in [0.15, 0.2) is 0 Å². The number of fused-ring (bicyclic) bond motifs is 2. The molecule has 9 heteroatoms. The fourth-order valence-corrected chi connectivity index (χ4v) is 2.58. The number of hydrogen-bond donors (Lipinski definition) is 3. The maximum atomic E-state index is 11.6. The van der Waals surface area contributed by atoms with E-state index in [1.54, 1.807) is 48.5 Å². The first kappa shape index (κ1) is 21.9. The van der Waals surface area contributed by atoms with Crippen molar-refractivity contribution in [3.05, 3.63) is 70.8 Å². The molecule has 2 aliphatic rings. The number of cyclic esters (lactones) is 2. The number of hydrogen-bond acceptors (Lipinski definition) is 8. The van der Waals surface area contributed by atoms with E-state index in [0.717, 1.165) is 4.90 Å². The molecule has 0 aromatic heterocycles. The van der Waals surface area contributed by atoms with Crippen LogP contribution in [0.4, 0.5) is 0 Å². The smallest absolute Gasteiger partial charge is 0.346 e. The lowest BCUT2D eigenvalue weighted by Crippen LogP contribution is -2.32. The van der Waals surface area contributed by atoms with Crippen LogP contribution in [-0.2, 0) is 4.74 Å². The Morgan fingerprint density at radius 2 is 1.10 bits per heavy atom. The lowest BCUT2D eigenvalue weighted by molar-refractivity contribution is 0.0442. The van der Waals surface area contributed by atoms with E-state index in [2.05, 4.69) is 4.74 Å². The van der Waals surface area contributed by atoms with E-state index in [1.807, 2.05) is 0 Å². The number of aliphatic hydroxyl groups is 2. The van der Waals surface area contributed by atoms with Gasteiger partial charge in [-0.25, -0.2) is 9.59 Å². The molecule has 0 unspecified atom stereocenters. The number of imide groups is 1. The minimum absolute atomic E-state index is 0.0619. The van der Waals surface area contributed by atoms with Crippen LogP contribution in [0.25, 0.3) is 0 Å². The molecular formula is C20H20N2O7. The highest BCUT2D eigenvalue weighted by atomic mass is 16.6. The molecule has 0 bridgehead atoms. The van der Waals surface area contributed by atoms with Gasteiger partial charge in [-0.3, -0.25) is 14.5 Å². The van der Waals surface area contributed by atoms with Crippen LogP contribution in [0.5, 0.6) is 0 Å². The number of esters is 2. The first-order valence-corrected chi connectivity index (χ1v) is 8.68. The Hall–Kier alpha value is -3.40. The second kappa shape index (κ2) is 10.2. The van der Waals surface area contributed by atoms with E-state index in [1.165, 1.54) is 0 Å². The van der Waals surface area contributed by atoms with E-state index < -0.39 is 11.9 Å². The maximum absolute atomic E-state index is 11.6. The highest BCUT2D eigenvalue weighted by Crippen LogP contribution is 2.21. The average Bonchev–Trinajstić information content (AvgIpc) is 3.18. The minimum atomic E-state index is -0.550. The van der Waals surface area contributed by atoms with Gasteiger partial charge in [0, 0.05) is 6.54 Å². The summed E-state index contributed by atoms with van der Waals surface area (Å²) in [7, 11) is 0. The lowest BCUT2D eigenvalue weighted by atomic mass is 10.1. The number of ether oxygens (including phenoxy) is 1. The number of aliphatic hydroxyl groups excluding tert-OH is 2. The normalized spacial score (nSPS) is 13.7. The largest absolute Gasteiger partial charge is 0.395 e. The molecule has 2 aromatic rings. The molecule has 0 spiro atoms. The van der Waals surface area contributed by atoms with Gasteiger partial charge >= 0.3 is 11.9 Å². The van der Waals surface area contributed by atoms with E-state index in [-0.39, 0.29) is 31.6 Å². The van der Waals surface area contributed by atoms with Crippen LogP contribution in [-0.4, -0.2) is 65.2 Å². The monoisotopic (exact) mass is 400 g/mol. The van der Waals surface area contributed by atoms with Gasteiger partial charge < -0.3 is 20.7 Å². The van der Waals surface area contributed by atoms with Crippen molar-refractivity contribution in [1.82, 2.24) is 4.90 Å². The molecule has 4 N–H and O–H groups in total. The zero-order valence-electron chi connectivity index (χ0n) is 15.4. The van der Waals surface area contributed by atoms with Crippen LogP contribution in [0.2, 0.25) is 0 Å². The highest BCUT2D eigenvalue weighted by Gasteiger charge is 2.34. The van der Waals surface area contributed by atoms with Gasteiger partial charge in [0.25, 0.3) is 11.8 Å². The number of carbonyl (C=O) groups excluding carboxylic acids is 4. The molecule has 0 fully saturated rings. The number of benzene rings is 2. The summed E-state index contributed by atoms with van der Waals surface area (Å²) in [5, 5.41) is 16.4. The Kier molecular flexibility index (Phi) is 7.72. The fraction of sp³-hybridized carbons (Fsp3) is 0.200. The average molecular weight is 400 g/mol. The number of carbonyl (C=O) groups is 4. The van der Waals surface area contributed by atoms with Gasteiger partial charge in [0.05, 0.1) is 42.0 Å². The highest BCUT2D eigenvalue weighted by molar-refractivity contribution is 6.21. The fourth-order valence-electron chi connectivity index (χ4n) is 2.58. The van der Waals surface area contributed by atoms with Crippen molar-refractivity contribution in [2.75, 3.05) is 26.3 Å². The second-order valence-corrected chi connectivity index (χ2v) is 5.77. The van der Waals surface area contributed by atoms with Crippen LogP contribution in [0.3, 0.4) is 0 Å². The van der Waals surface area contributed by atoms with Gasteiger partial charge in [-0.1, -0.05) is 24.3 Å². The van der Waals surface area contributed by atoms with Crippen LogP contribution in [0.15, 0.2) is 48.5 Å². The third-order valence-corrected chi connectivity index (χ3v) is 3.88. The summed E-state index contributed by atoms with van der Waals surface area (Å²) in [5.41, 5.74) is 6.34. The van der Waals surface area contributed by atoms with Crippen LogP contribution < -0.4 is 5.73 Å². The molecule has 2 aromatic carbocycles. The van der Waals surface area contributed by atoms with Crippen molar-refractivity contribution in [3.8, 4) is 0 Å². The third kappa shape index (κ3) is 4.91. The van der Waals surface area contributed by atoms with Crippen LogP contribution in [0, 0.1) is 0 Å². The van der Waals surface area contributed by atoms with Gasteiger partial charge in [0.2, 0.25) is 0 Å². The standard InChI is InChI=1S/C10H9NO3.C8H4O3.C2H7NO/c12-6-5-11-9(13)7-3-1-2-4-8(7)10(11)14;9-7-5-3-1-2-4-6(5)8(10)11-7;3-1-2-4/h1-4,12H,5-6H2;1-4H;4H,1-3H2. The number of amides is 2. The predicted octanol–water partition coefficient (Wildman–Crippen LogP) is 0.209. The zero-order chi connectivity index (χ0) is 21.4.